The number of hydrogen-bond donors (Lipinski definition) is 0. The number of halogens is 1. The molecule has 0 bridgehead atoms. The van der Waals surface area contributed by atoms with E-state index in [9.17, 15) is 14.4 Å². The first kappa shape index (κ1) is 23.8. The fourth-order valence-electron chi connectivity index (χ4n) is 3.56. The average molecular weight is 458 g/mol. The summed E-state index contributed by atoms with van der Waals surface area (Å²) >= 11 is 6.18. The molecule has 0 N–H and O–H groups in total. The van der Waals surface area contributed by atoms with Gasteiger partial charge in [0.2, 0.25) is 17.7 Å². The molecule has 1 aliphatic heterocycles. The van der Waals surface area contributed by atoms with Crippen molar-refractivity contribution in [3.05, 3.63) is 64.7 Å². The molecule has 2 aromatic carbocycles. The van der Waals surface area contributed by atoms with Crippen LogP contribution >= 0.6 is 11.6 Å². The number of anilines is 1. The molecular weight excluding hydrogens is 430 g/mol. The molecule has 0 aromatic heterocycles. The molecule has 8 heteroatoms. The summed E-state index contributed by atoms with van der Waals surface area (Å²) in [7, 11) is 0. The van der Waals surface area contributed by atoms with Gasteiger partial charge in [-0.3, -0.25) is 19.3 Å². The Kier molecular flexibility index (Phi) is 8.25. The molecule has 0 spiro atoms. The largest absolute Gasteiger partial charge is 0.367 e. The van der Waals surface area contributed by atoms with Crippen LogP contribution in [0.4, 0.5) is 5.69 Å². The molecule has 3 amide bonds. The first-order chi connectivity index (χ1) is 15.4. The van der Waals surface area contributed by atoms with E-state index in [0.717, 1.165) is 11.1 Å². The van der Waals surface area contributed by atoms with Crippen LogP contribution in [0.25, 0.3) is 0 Å². The van der Waals surface area contributed by atoms with Crippen LogP contribution in [0.2, 0.25) is 5.02 Å². The smallest absolute Gasteiger partial charge is 0.249 e. The quantitative estimate of drug-likeness (QED) is 0.579. The van der Waals surface area contributed by atoms with Crippen molar-refractivity contribution in [2.75, 3.05) is 37.8 Å². The number of amides is 3. The van der Waals surface area contributed by atoms with Crippen molar-refractivity contribution in [2.45, 2.75) is 26.9 Å². The molecule has 32 heavy (non-hydrogen) atoms. The maximum Gasteiger partial charge on any atom is 0.249 e. The predicted octanol–water partition coefficient (Wildman–Crippen LogP) is 3.24. The van der Waals surface area contributed by atoms with Crippen molar-refractivity contribution in [3.8, 4) is 0 Å². The fourth-order valence-corrected chi connectivity index (χ4v) is 3.73. The number of ether oxygens (including phenoxy) is 1. The molecule has 1 saturated heterocycles. The number of hydrogen-bond acceptors (Lipinski definition) is 4. The van der Waals surface area contributed by atoms with Gasteiger partial charge in [0.05, 0.1) is 13.2 Å². The Morgan fingerprint density at radius 3 is 2.59 bits per heavy atom. The lowest BCUT2D eigenvalue weighted by Crippen LogP contribution is -2.44. The van der Waals surface area contributed by atoms with Crippen molar-refractivity contribution in [2.24, 2.45) is 0 Å². The average Bonchev–Trinajstić information content (AvgIpc) is 3.17. The minimum atomic E-state index is -0.273. The summed E-state index contributed by atoms with van der Waals surface area (Å²) in [6.45, 7) is 4.48. The third kappa shape index (κ3) is 5.87. The van der Waals surface area contributed by atoms with Crippen LogP contribution in [0.3, 0.4) is 0 Å². The molecule has 0 saturated carbocycles. The van der Waals surface area contributed by atoms with E-state index >= 15 is 0 Å². The second-order valence-corrected chi connectivity index (χ2v) is 8.14. The van der Waals surface area contributed by atoms with Gasteiger partial charge in [-0.1, -0.05) is 54.9 Å². The van der Waals surface area contributed by atoms with Crippen molar-refractivity contribution < 1.29 is 19.1 Å². The van der Waals surface area contributed by atoms with E-state index in [1.165, 1.54) is 9.80 Å². The van der Waals surface area contributed by atoms with E-state index in [4.69, 9.17) is 16.3 Å². The van der Waals surface area contributed by atoms with Gasteiger partial charge in [0, 0.05) is 17.3 Å². The Morgan fingerprint density at radius 2 is 1.88 bits per heavy atom. The monoisotopic (exact) mass is 457 g/mol. The summed E-state index contributed by atoms with van der Waals surface area (Å²) < 4.78 is 5.54. The molecule has 1 aliphatic rings. The molecule has 1 fully saturated rings. The van der Waals surface area contributed by atoms with Crippen LogP contribution in [0, 0.1) is 6.92 Å². The first-order valence-electron chi connectivity index (χ1n) is 10.6. The number of carbonyl (C=O) groups is 3. The van der Waals surface area contributed by atoms with Gasteiger partial charge in [-0.25, -0.2) is 0 Å². The summed E-state index contributed by atoms with van der Waals surface area (Å²) in [5.74, 6) is -0.696. The molecule has 0 unspecified atom stereocenters. The minimum absolute atomic E-state index is 0.0244. The summed E-state index contributed by atoms with van der Waals surface area (Å²) in [5, 5.41) is 0.565. The fraction of sp³-hybridized carbons (Fsp3) is 0.375. The van der Waals surface area contributed by atoms with Gasteiger partial charge in [-0.15, -0.1) is 0 Å². The minimum Gasteiger partial charge on any atom is -0.367 e. The molecule has 0 radical (unpaired) electrons. The summed E-state index contributed by atoms with van der Waals surface area (Å²) in [6.07, 6.45) is 0.713. The second-order valence-electron chi connectivity index (χ2n) is 7.73. The zero-order valence-corrected chi connectivity index (χ0v) is 19.2. The van der Waals surface area contributed by atoms with Gasteiger partial charge in [0.15, 0.2) is 0 Å². The Hall–Kier alpha value is -2.90. The van der Waals surface area contributed by atoms with Gasteiger partial charge in [-0.2, -0.15) is 0 Å². The highest BCUT2D eigenvalue weighted by molar-refractivity contribution is 6.31. The van der Waals surface area contributed by atoms with Gasteiger partial charge < -0.3 is 14.5 Å². The van der Waals surface area contributed by atoms with Crippen LogP contribution in [-0.2, 0) is 25.7 Å². The van der Waals surface area contributed by atoms with Crippen molar-refractivity contribution in [1.82, 2.24) is 9.80 Å². The van der Waals surface area contributed by atoms with Crippen molar-refractivity contribution >= 4 is 35.0 Å². The molecule has 7 nitrogen and oxygen atoms in total. The van der Waals surface area contributed by atoms with E-state index in [2.05, 4.69) is 0 Å². The van der Waals surface area contributed by atoms with E-state index in [1.807, 2.05) is 50.2 Å². The van der Waals surface area contributed by atoms with Crippen LogP contribution in [-0.4, -0.2) is 60.4 Å². The summed E-state index contributed by atoms with van der Waals surface area (Å²) in [5.41, 5.74) is 2.45. The lowest BCUT2D eigenvalue weighted by atomic mass is 10.2. The molecule has 3 rings (SSSR count). The maximum atomic E-state index is 12.9. The standard InChI is InChI=1S/C24H28ClN3O4/c1-3-12-26(24(31)16-32-15-19-8-5-4-6-9-19)13-22(29)27-14-23(30)28(17-27)21-11-7-10-20(25)18(21)2/h4-11H,3,12-17H2,1-2H3. The molecule has 1 heterocycles. The number of rotatable bonds is 9. The number of nitrogens with zero attached hydrogens (tertiary/aromatic N) is 3. The Labute approximate surface area is 193 Å². The normalized spacial score (nSPS) is 13.5. The van der Waals surface area contributed by atoms with E-state index < -0.39 is 0 Å². The van der Waals surface area contributed by atoms with Gasteiger partial charge >= 0.3 is 0 Å². The van der Waals surface area contributed by atoms with E-state index in [0.29, 0.717) is 30.3 Å². The number of carbonyl (C=O) groups excluding carboxylic acids is 3. The lowest BCUT2D eigenvalue weighted by molar-refractivity contribution is -0.143. The van der Waals surface area contributed by atoms with Gasteiger partial charge in [0.25, 0.3) is 0 Å². The van der Waals surface area contributed by atoms with Crippen LogP contribution in [0.1, 0.15) is 24.5 Å². The molecule has 0 atom stereocenters. The van der Waals surface area contributed by atoms with E-state index in [1.54, 1.807) is 17.0 Å². The highest BCUT2D eigenvalue weighted by Gasteiger charge is 2.33. The van der Waals surface area contributed by atoms with Crippen LogP contribution in [0.15, 0.2) is 48.5 Å². The van der Waals surface area contributed by atoms with Crippen molar-refractivity contribution in [3.63, 3.8) is 0 Å². The molecule has 0 aliphatic carbocycles. The molecular formula is C24H28ClN3O4. The highest BCUT2D eigenvalue weighted by atomic mass is 35.5. The Balaban J connectivity index is 1.57. The van der Waals surface area contributed by atoms with Gasteiger partial charge in [-0.05, 0) is 36.6 Å². The Bertz CT molecular complexity index is 967. The third-order valence-corrected chi connectivity index (χ3v) is 5.74. The zero-order valence-electron chi connectivity index (χ0n) is 18.4. The first-order valence-corrected chi connectivity index (χ1v) is 11.0. The van der Waals surface area contributed by atoms with Crippen molar-refractivity contribution in [1.29, 1.82) is 0 Å². The second kappa shape index (κ2) is 11.1. The van der Waals surface area contributed by atoms with E-state index in [-0.39, 0.29) is 44.1 Å². The number of benzene rings is 2. The molecule has 170 valence electrons. The third-order valence-electron chi connectivity index (χ3n) is 5.33. The Morgan fingerprint density at radius 1 is 1.12 bits per heavy atom. The summed E-state index contributed by atoms with van der Waals surface area (Å²) in [6, 6.07) is 14.9. The summed E-state index contributed by atoms with van der Waals surface area (Å²) in [4.78, 5) is 42.6. The maximum absolute atomic E-state index is 12.9. The lowest BCUT2D eigenvalue weighted by Gasteiger charge is -2.25. The predicted molar refractivity (Wildman–Crippen MR) is 123 cm³/mol. The molecule has 2 aromatic rings. The highest BCUT2D eigenvalue weighted by Crippen LogP contribution is 2.28. The SMILES string of the molecule is CCCN(CC(=O)N1CC(=O)N(c2cccc(Cl)c2C)C1)C(=O)COCc1ccccc1. The zero-order chi connectivity index (χ0) is 23.1. The van der Waals surface area contributed by atoms with Gasteiger partial charge in [0.1, 0.15) is 19.8 Å². The van der Waals surface area contributed by atoms with Crippen LogP contribution in [0.5, 0.6) is 0 Å². The topological polar surface area (TPSA) is 70.2 Å². The van der Waals surface area contributed by atoms with Crippen LogP contribution < -0.4 is 4.90 Å².